The van der Waals surface area contributed by atoms with Crippen LogP contribution in [-0.2, 0) is 0 Å². The summed E-state index contributed by atoms with van der Waals surface area (Å²) in [6.45, 7) is 3.55. The number of benzene rings is 1. The fourth-order valence-electron chi connectivity index (χ4n) is 0.965. The van der Waals surface area contributed by atoms with E-state index in [1.54, 1.807) is 13.8 Å². The van der Waals surface area contributed by atoms with E-state index in [0.717, 1.165) is 0 Å². The molecule has 14 heavy (non-hydrogen) atoms. The minimum atomic E-state index is -0.535. The Hall–Kier alpha value is -1.78. The molecule has 5 heteroatoms. The van der Waals surface area contributed by atoms with Gasteiger partial charge < -0.3 is 9.84 Å². The molecule has 0 saturated carbocycles. The highest BCUT2D eigenvalue weighted by Crippen LogP contribution is 2.30. The van der Waals surface area contributed by atoms with Crippen molar-refractivity contribution >= 4 is 5.69 Å². The molecule has 0 radical (unpaired) electrons. The number of nitrogens with zero attached hydrogens (tertiary/aromatic N) is 1. The molecular weight excluding hydrogens is 186 g/mol. The van der Waals surface area contributed by atoms with Crippen molar-refractivity contribution in [3.05, 3.63) is 28.3 Å². The van der Waals surface area contributed by atoms with E-state index < -0.39 is 4.92 Å². The Morgan fingerprint density at radius 3 is 2.64 bits per heavy atom. The molecule has 1 aromatic rings. The number of non-ortho nitro benzene ring substituents is 1. The first-order valence-corrected chi connectivity index (χ1v) is 4.14. The molecule has 0 unspecified atom stereocenters. The van der Waals surface area contributed by atoms with Crippen molar-refractivity contribution in [2.75, 3.05) is 0 Å². The van der Waals surface area contributed by atoms with Gasteiger partial charge in [-0.15, -0.1) is 0 Å². The maximum atomic E-state index is 10.4. The van der Waals surface area contributed by atoms with Crippen molar-refractivity contribution in [3.63, 3.8) is 0 Å². The van der Waals surface area contributed by atoms with Crippen molar-refractivity contribution in [1.29, 1.82) is 0 Å². The van der Waals surface area contributed by atoms with E-state index in [-0.39, 0.29) is 23.3 Å². The van der Waals surface area contributed by atoms with Gasteiger partial charge >= 0.3 is 0 Å². The highest BCUT2D eigenvalue weighted by Gasteiger charge is 2.11. The molecule has 5 nitrogen and oxygen atoms in total. The second-order valence-electron chi connectivity index (χ2n) is 3.08. The smallest absolute Gasteiger partial charge is 0.273 e. The highest BCUT2D eigenvalue weighted by atomic mass is 16.6. The average Bonchev–Trinajstić information content (AvgIpc) is 2.07. The van der Waals surface area contributed by atoms with Crippen LogP contribution in [-0.4, -0.2) is 16.1 Å². The summed E-state index contributed by atoms with van der Waals surface area (Å²) in [6, 6.07) is 3.67. The van der Waals surface area contributed by atoms with E-state index >= 15 is 0 Å². The molecular formula is C9H11NO4. The molecule has 0 amide bonds. The normalized spacial score (nSPS) is 10.2. The van der Waals surface area contributed by atoms with E-state index in [2.05, 4.69) is 0 Å². The molecule has 0 atom stereocenters. The van der Waals surface area contributed by atoms with Gasteiger partial charge in [0.1, 0.15) is 0 Å². The van der Waals surface area contributed by atoms with Gasteiger partial charge in [0, 0.05) is 6.07 Å². The van der Waals surface area contributed by atoms with E-state index in [0.29, 0.717) is 0 Å². The Morgan fingerprint density at radius 1 is 1.50 bits per heavy atom. The number of ether oxygens (including phenoxy) is 1. The van der Waals surface area contributed by atoms with Crippen LogP contribution in [0.25, 0.3) is 0 Å². The summed E-state index contributed by atoms with van der Waals surface area (Å²) in [6.07, 6.45) is -0.136. The van der Waals surface area contributed by atoms with Gasteiger partial charge in [0.25, 0.3) is 5.69 Å². The van der Waals surface area contributed by atoms with E-state index in [9.17, 15) is 15.2 Å². The van der Waals surface area contributed by atoms with Gasteiger partial charge in [-0.05, 0) is 19.9 Å². The van der Waals surface area contributed by atoms with Crippen molar-refractivity contribution < 1.29 is 14.8 Å². The van der Waals surface area contributed by atoms with Crippen LogP contribution < -0.4 is 4.74 Å². The molecule has 0 aliphatic heterocycles. The summed E-state index contributed by atoms with van der Waals surface area (Å²) in [4.78, 5) is 9.88. The van der Waals surface area contributed by atoms with Crippen molar-refractivity contribution in [2.45, 2.75) is 20.0 Å². The number of nitro groups is 1. The van der Waals surface area contributed by atoms with Crippen LogP contribution in [0.5, 0.6) is 11.5 Å². The molecule has 0 aromatic heterocycles. The standard InChI is InChI=1S/C9H11NO4/c1-6(2)14-9-5-7(10(12)13)3-4-8(9)11/h3-6,11H,1-2H3. The molecule has 0 spiro atoms. The number of rotatable bonds is 3. The molecule has 1 rings (SSSR count). The second kappa shape index (κ2) is 3.95. The summed E-state index contributed by atoms with van der Waals surface area (Å²) in [7, 11) is 0. The highest BCUT2D eigenvalue weighted by molar-refractivity contribution is 5.47. The van der Waals surface area contributed by atoms with Crippen molar-refractivity contribution in [3.8, 4) is 11.5 Å². The van der Waals surface area contributed by atoms with Gasteiger partial charge in [0.05, 0.1) is 17.1 Å². The maximum Gasteiger partial charge on any atom is 0.273 e. The Balaban J connectivity index is 3.02. The number of phenolic OH excluding ortho intramolecular Hbond substituents is 1. The van der Waals surface area contributed by atoms with Crippen LogP contribution in [0.4, 0.5) is 5.69 Å². The molecule has 0 heterocycles. The lowest BCUT2D eigenvalue weighted by atomic mass is 10.3. The number of hydrogen-bond donors (Lipinski definition) is 1. The first-order valence-electron chi connectivity index (χ1n) is 4.14. The quantitative estimate of drug-likeness (QED) is 0.594. The van der Waals surface area contributed by atoms with Crippen LogP contribution in [0.2, 0.25) is 0 Å². The molecule has 0 aliphatic carbocycles. The molecule has 1 aromatic carbocycles. The summed E-state index contributed by atoms with van der Waals surface area (Å²) < 4.78 is 5.18. The van der Waals surface area contributed by atoms with E-state index in [1.807, 2.05) is 0 Å². The van der Waals surface area contributed by atoms with Gasteiger partial charge in [-0.1, -0.05) is 0 Å². The SMILES string of the molecule is CC(C)Oc1cc([N+](=O)[O-])ccc1O. The van der Waals surface area contributed by atoms with Crippen molar-refractivity contribution in [1.82, 2.24) is 0 Å². The zero-order valence-corrected chi connectivity index (χ0v) is 7.93. The molecule has 1 N–H and O–H groups in total. The largest absolute Gasteiger partial charge is 0.504 e. The van der Waals surface area contributed by atoms with Crippen LogP contribution in [0.1, 0.15) is 13.8 Å². The Bertz CT molecular complexity index is 349. The predicted octanol–water partition coefficient (Wildman–Crippen LogP) is 2.09. The van der Waals surface area contributed by atoms with E-state index in [1.165, 1.54) is 18.2 Å². The van der Waals surface area contributed by atoms with Gasteiger partial charge in [-0.3, -0.25) is 10.1 Å². The zero-order valence-electron chi connectivity index (χ0n) is 7.93. The fourth-order valence-corrected chi connectivity index (χ4v) is 0.965. The monoisotopic (exact) mass is 197 g/mol. The third kappa shape index (κ3) is 2.35. The number of nitro benzene ring substituents is 1. The zero-order chi connectivity index (χ0) is 10.7. The lowest BCUT2D eigenvalue weighted by Gasteiger charge is -2.10. The fraction of sp³-hybridized carbons (Fsp3) is 0.333. The van der Waals surface area contributed by atoms with E-state index in [4.69, 9.17) is 4.74 Å². The van der Waals surface area contributed by atoms with Crippen LogP contribution >= 0.6 is 0 Å². The lowest BCUT2D eigenvalue weighted by Crippen LogP contribution is -2.05. The molecule has 76 valence electrons. The number of aromatic hydroxyl groups is 1. The molecule has 0 saturated heterocycles. The Kier molecular flexibility index (Phi) is 2.91. The minimum Gasteiger partial charge on any atom is -0.504 e. The number of hydrogen-bond acceptors (Lipinski definition) is 4. The lowest BCUT2D eigenvalue weighted by molar-refractivity contribution is -0.385. The van der Waals surface area contributed by atoms with Gasteiger partial charge in [0.2, 0.25) is 0 Å². The van der Waals surface area contributed by atoms with Gasteiger partial charge in [-0.25, -0.2) is 0 Å². The third-order valence-corrected chi connectivity index (χ3v) is 1.52. The van der Waals surface area contributed by atoms with Crippen molar-refractivity contribution in [2.24, 2.45) is 0 Å². The Morgan fingerprint density at radius 2 is 2.14 bits per heavy atom. The topological polar surface area (TPSA) is 72.6 Å². The van der Waals surface area contributed by atoms with Gasteiger partial charge in [-0.2, -0.15) is 0 Å². The summed E-state index contributed by atoms with van der Waals surface area (Å²) in [5, 5.41) is 19.7. The minimum absolute atomic E-state index is 0.0932. The summed E-state index contributed by atoms with van der Waals surface area (Å²) in [5.74, 6) is 0.0403. The summed E-state index contributed by atoms with van der Waals surface area (Å²) in [5.41, 5.74) is -0.0987. The average molecular weight is 197 g/mol. The number of phenols is 1. The Labute approximate surface area is 81.1 Å². The van der Waals surface area contributed by atoms with Gasteiger partial charge in [0.15, 0.2) is 11.5 Å². The molecule has 0 bridgehead atoms. The summed E-state index contributed by atoms with van der Waals surface area (Å²) >= 11 is 0. The first-order chi connectivity index (χ1) is 6.50. The van der Waals surface area contributed by atoms with Crippen LogP contribution in [0, 0.1) is 10.1 Å². The first kappa shape index (κ1) is 10.3. The predicted molar refractivity (Wildman–Crippen MR) is 50.5 cm³/mol. The van der Waals surface area contributed by atoms with Crippen LogP contribution in [0.15, 0.2) is 18.2 Å². The third-order valence-electron chi connectivity index (χ3n) is 1.52. The maximum absolute atomic E-state index is 10.4. The second-order valence-corrected chi connectivity index (χ2v) is 3.08. The van der Waals surface area contributed by atoms with Crippen LogP contribution in [0.3, 0.4) is 0 Å². The molecule has 0 fully saturated rings. The molecule has 0 aliphatic rings.